The van der Waals surface area contributed by atoms with Crippen molar-refractivity contribution in [3.05, 3.63) is 24.3 Å². The minimum atomic E-state index is 0.0530. The molecule has 86 valence electrons. The molecule has 1 amide bonds. The molecular weight excluding hydrogens is 202 g/mol. The molecule has 0 aromatic carbocycles. The molecule has 2 rings (SSSR count). The minimum Gasteiger partial charge on any atom is -0.334 e. The Bertz CT molecular complexity index is 364. The van der Waals surface area contributed by atoms with Gasteiger partial charge in [-0.15, -0.1) is 0 Å². The van der Waals surface area contributed by atoms with Crippen molar-refractivity contribution in [1.29, 1.82) is 0 Å². The lowest BCUT2D eigenvalue weighted by molar-refractivity contribution is -0.135. The highest BCUT2D eigenvalue weighted by molar-refractivity contribution is 5.78. The zero-order valence-corrected chi connectivity index (χ0v) is 9.76. The van der Waals surface area contributed by atoms with Crippen LogP contribution < -0.4 is 0 Å². The van der Waals surface area contributed by atoms with Crippen molar-refractivity contribution in [3.63, 3.8) is 0 Å². The number of likely N-dealkylation sites (tertiary alicyclic amines) is 1. The maximum absolute atomic E-state index is 12.0. The molecule has 0 radical (unpaired) electrons. The fourth-order valence-corrected chi connectivity index (χ4v) is 2.15. The lowest BCUT2D eigenvalue weighted by Gasteiger charge is -2.25. The van der Waals surface area contributed by atoms with Gasteiger partial charge in [0.05, 0.1) is 17.9 Å². The molecule has 4 heteroatoms. The van der Waals surface area contributed by atoms with Crippen LogP contribution >= 0.6 is 0 Å². The summed E-state index contributed by atoms with van der Waals surface area (Å²) in [5.41, 5.74) is 0.911. The van der Waals surface area contributed by atoms with E-state index in [1.807, 2.05) is 18.7 Å². The molecule has 16 heavy (non-hydrogen) atoms. The lowest BCUT2D eigenvalue weighted by Crippen LogP contribution is -2.34. The van der Waals surface area contributed by atoms with Gasteiger partial charge >= 0.3 is 0 Å². The molecule has 0 aliphatic carbocycles. The SMILES string of the molecule is CC(C)C(=O)N1CCC[C@@H]1c1cnccn1. The molecule has 0 saturated carbocycles. The van der Waals surface area contributed by atoms with Gasteiger partial charge in [0.15, 0.2) is 0 Å². The summed E-state index contributed by atoms with van der Waals surface area (Å²) in [5, 5.41) is 0. The number of carbonyl (C=O) groups is 1. The highest BCUT2D eigenvalue weighted by Crippen LogP contribution is 2.31. The highest BCUT2D eigenvalue weighted by Gasteiger charge is 2.31. The third-order valence-corrected chi connectivity index (χ3v) is 2.95. The Labute approximate surface area is 95.7 Å². The fourth-order valence-electron chi connectivity index (χ4n) is 2.15. The van der Waals surface area contributed by atoms with Gasteiger partial charge in [0.25, 0.3) is 0 Å². The van der Waals surface area contributed by atoms with Crippen LogP contribution in [0.2, 0.25) is 0 Å². The van der Waals surface area contributed by atoms with Crippen molar-refractivity contribution in [2.75, 3.05) is 6.54 Å². The quantitative estimate of drug-likeness (QED) is 0.762. The summed E-state index contributed by atoms with van der Waals surface area (Å²) in [7, 11) is 0. The van der Waals surface area contributed by atoms with Crippen LogP contribution in [0.1, 0.15) is 38.4 Å². The van der Waals surface area contributed by atoms with Crippen LogP contribution in [0.25, 0.3) is 0 Å². The van der Waals surface area contributed by atoms with Gasteiger partial charge in [-0.25, -0.2) is 0 Å². The van der Waals surface area contributed by atoms with Crippen molar-refractivity contribution in [1.82, 2.24) is 14.9 Å². The largest absolute Gasteiger partial charge is 0.334 e. The van der Waals surface area contributed by atoms with E-state index in [4.69, 9.17) is 0 Å². The zero-order valence-electron chi connectivity index (χ0n) is 9.76. The van der Waals surface area contributed by atoms with Crippen molar-refractivity contribution in [2.24, 2.45) is 5.92 Å². The van der Waals surface area contributed by atoms with E-state index < -0.39 is 0 Å². The van der Waals surface area contributed by atoms with Crippen LogP contribution in [0.5, 0.6) is 0 Å². The molecule has 1 aromatic heterocycles. The van der Waals surface area contributed by atoms with E-state index >= 15 is 0 Å². The summed E-state index contributed by atoms with van der Waals surface area (Å²) in [5.74, 6) is 0.269. The van der Waals surface area contributed by atoms with E-state index in [0.717, 1.165) is 25.1 Å². The van der Waals surface area contributed by atoms with Crippen LogP contribution in [-0.2, 0) is 4.79 Å². The molecule has 0 spiro atoms. The van der Waals surface area contributed by atoms with Crippen molar-refractivity contribution < 1.29 is 4.79 Å². The van der Waals surface area contributed by atoms with E-state index in [9.17, 15) is 4.79 Å². The summed E-state index contributed by atoms with van der Waals surface area (Å²) in [6, 6.07) is 0.128. The van der Waals surface area contributed by atoms with Gasteiger partial charge in [-0.1, -0.05) is 13.8 Å². The summed E-state index contributed by atoms with van der Waals surface area (Å²) < 4.78 is 0. The van der Waals surface area contributed by atoms with E-state index in [1.165, 1.54) is 0 Å². The molecule has 1 aromatic rings. The summed E-state index contributed by atoms with van der Waals surface area (Å²) >= 11 is 0. The predicted octanol–water partition coefficient (Wildman–Crippen LogP) is 1.80. The Morgan fingerprint density at radius 3 is 2.94 bits per heavy atom. The Morgan fingerprint density at radius 1 is 1.50 bits per heavy atom. The Morgan fingerprint density at radius 2 is 2.31 bits per heavy atom. The van der Waals surface area contributed by atoms with Gasteiger partial charge in [-0.2, -0.15) is 0 Å². The molecule has 0 bridgehead atoms. The monoisotopic (exact) mass is 219 g/mol. The zero-order chi connectivity index (χ0) is 11.5. The fraction of sp³-hybridized carbons (Fsp3) is 0.583. The molecule has 2 heterocycles. The van der Waals surface area contributed by atoms with Crippen molar-refractivity contribution in [3.8, 4) is 0 Å². The van der Waals surface area contributed by atoms with Crippen molar-refractivity contribution in [2.45, 2.75) is 32.7 Å². The number of nitrogens with zero attached hydrogens (tertiary/aromatic N) is 3. The molecule has 4 nitrogen and oxygen atoms in total. The predicted molar refractivity (Wildman–Crippen MR) is 60.6 cm³/mol. The van der Waals surface area contributed by atoms with Crippen LogP contribution in [0.15, 0.2) is 18.6 Å². The van der Waals surface area contributed by atoms with Crippen LogP contribution in [0.3, 0.4) is 0 Å². The minimum absolute atomic E-state index is 0.0530. The highest BCUT2D eigenvalue weighted by atomic mass is 16.2. The average Bonchev–Trinajstić information content (AvgIpc) is 2.77. The molecule has 1 fully saturated rings. The van der Waals surface area contributed by atoms with Gasteiger partial charge in [0.1, 0.15) is 0 Å². The van der Waals surface area contributed by atoms with Crippen LogP contribution in [-0.4, -0.2) is 27.3 Å². The molecule has 0 unspecified atom stereocenters. The second-order valence-electron chi connectivity index (χ2n) is 4.47. The first-order chi connectivity index (χ1) is 7.70. The number of hydrogen-bond donors (Lipinski definition) is 0. The Balaban J connectivity index is 2.19. The molecule has 1 saturated heterocycles. The average molecular weight is 219 g/mol. The smallest absolute Gasteiger partial charge is 0.225 e. The third kappa shape index (κ3) is 2.05. The first-order valence-corrected chi connectivity index (χ1v) is 5.76. The van der Waals surface area contributed by atoms with Gasteiger partial charge < -0.3 is 4.90 Å². The number of aromatic nitrogens is 2. The van der Waals surface area contributed by atoms with Gasteiger partial charge in [-0.3, -0.25) is 14.8 Å². The second kappa shape index (κ2) is 4.60. The van der Waals surface area contributed by atoms with Gasteiger partial charge in [0, 0.05) is 24.9 Å². The number of rotatable bonds is 2. The summed E-state index contributed by atoms with van der Waals surface area (Å²) in [6.45, 7) is 4.72. The van der Waals surface area contributed by atoms with E-state index in [2.05, 4.69) is 9.97 Å². The normalized spacial score (nSPS) is 20.4. The number of carbonyl (C=O) groups excluding carboxylic acids is 1. The van der Waals surface area contributed by atoms with Gasteiger partial charge in [-0.05, 0) is 12.8 Å². The molecule has 1 atom stereocenters. The van der Waals surface area contributed by atoms with E-state index in [1.54, 1.807) is 18.6 Å². The van der Waals surface area contributed by atoms with Crippen LogP contribution in [0.4, 0.5) is 0 Å². The molecular formula is C12H17N3O. The lowest BCUT2D eigenvalue weighted by atomic mass is 10.1. The Kier molecular flexibility index (Phi) is 3.17. The standard InChI is InChI=1S/C12H17N3O/c1-9(2)12(16)15-7-3-4-11(15)10-8-13-5-6-14-10/h5-6,8-9,11H,3-4,7H2,1-2H3/t11-/m1/s1. The molecule has 0 N–H and O–H groups in total. The molecule has 1 aliphatic heterocycles. The number of hydrogen-bond acceptors (Lipinski definition) is 3. The van der Waals surface area contributed by atoms with Crippen molar-refractivity contribution >= 4 is 5.91 Å². The van der Waals surface area contributed by atoms with Crippen LogP contribution in [0, 0.1) is 5.92 Å². The molecule has 1 aliphatic rings. The maximum Gasteiger partial charge on any atom is 0.225 e. The summed E-state index contributed by atoms with van der Waals surface area (Å²) in [6.07, 6.45) is 7.16. The second-order valence-corrected chi connectivity index (χ2v) is 4.47. The first kappa shape index (κ1) is 11.0. The maximum atomic E-state index is 12.0. The van der Waals surface area contributed by atoms with Gasteiger partial charge in [0.2, 0.25) is 5.91 Å². The van der Waals surface area contributed by atoms with E-state index in [-0.39, 0.29) is 17.9 Å². The topological polar surface area (TPSA) is 46.1 Å². The number of amides is 1. The van der Waals surface area contributed by atoms with E-state index in [0.29, 0.717) is 0 Å². The Hall–Kier alpha value is -1.45. The third-order valence-electron chi connectivity index (χ3n) is 2.95. The summed E-state index contributed by atoms with van der Waals surface area (Å²) in [4.78, 5) is 22.3. The first-order valence-electron chi connectivity index (χ1n) is 5.76.